The lowest BCUT2D eigenvalue weighted by Crippen LogP contribution is -2.22. The lowest BCUT2D eigenvalue weighted by molar-refractivity contribution is -0.105. The lowest BCUT2D eigenvalue weighted by atomic mass is 9.88. The van der Waals surface area contributed by atoms with Gasteiger partial charge in [-0.25, -0.2) is 0 Å². The van der Waals surface area contributed by atoms with Gasteiger partial charge < -0.3 is 9.84 Å². The maximum absolute atomic E-state index is 10.1. The van der Waals surface area contributed by atoms with E-state index in [-0.39, 0.29) is 17.0 Å². The Morgan fingerprint density at radius 3 is 2.38 bits per heavy atom. The Kier molecular flexibility index (Phi) is 3.15. The molecule has 3 rings (SSSR count). The van der Waals surface area contributed by atoms with E-state index in [4.69, 9.17) is 4.74 Å². The van der Waals surface area contributed by atoms with Crippen molar-refractivity contribution in [1.29, 1.82) is 0 Å². The van der Waals surface area contributed by atoms with Crippen molar-refractivity contribution >= 4 is 15.9 Å². The van der Waals surface area contributed by atoms with E-state index < -0.39 is 0 Å². The first-order valence-electron chi connectivity index (χ1n) is 6.91. The van der Waals surface area contributed by atoms with Crippen LogP contribution in [0.1, 0.15) is 38.8 Å². The third-order valence-electron chi connectivity index (χ3n) is 3.93. The highest BCUT2D eigenvalue weighted by Gasteiger charge is 2.42. The standard InChI is InChI=1S/C17H18BrNO2/c1-16(2)12-6-5-10(7-13(12)17(3,4)21-16)15-14(20)8-11(18)9-19-15/h5-9,20H,1-4H3. The molecular weight excluding hydrogens is 330 g/mol. The third-order valence-corrected chi connectivity index (χ3v) is 4.37. The van der Waals surface area contributed by atoms with Crippen LogP contribution in [0.5, 0.6) is 5.75 Å². The fourth-order valence-electron chi connectivity index (χ4n) is 3.11. The number of benzene rings is 1. The first-order chi connectivity index (χ1) is 9.71. The molecule has 0 unspecified atom stereocenters. The number of rotatable bonds is 1. The summed E-state index contributed by atoms with van der Waals surface area (Å²) in [5.74, 6) is 0.167. The molecule has 3 nitrogen and oxygen atoms in total. The van der Waals surface area contributed by atoms with Crippen LogP contribution in [-0.2, 0) is 15.9 Å². The maximum Gasteiger partial charge on any atom is 0.142 e. The summed E-state index contributed by atoms with van der Waals surface area (Å²) >= 11 is 3.31. The zero-order valence-corrected chi connectivity index (χ0v) is 14.2. The molecule has 1 N–H and O–H groups in total. The highest BCUT2D eigenvalue weighted by atomic mass is 79.9. The van der Waals surface area contributed by atoms with E-state index in [1.54, 1.807) is 12.3 Å². The second-order valence-electron chi connectivity index (χ2n) is 6.40. The predicted octanol–water partition coefficient (Wildman–Crippen LogP) is 4.72. The second kappa shape index (κ2) is 4.55. The number of hydrogen-bond donors (Lipinski definition) is 1. The van der Waals surface area contributed by atoms with E-state index in [2.05, 4.69) is 60.7 Å². The summed E-state index contributed by atoms with van der Waals surface area (Å²) in [5, 5.41) is 10.1. The maximum atomic E-state index is 10.1. The molecule has 0 saturated heterocycles. The second-order valence-corrected chi connectivity index (χ2v) is 7.32. The topological polar surface area (TPSA) is 42.4 Å². The van der Waals surface area contributed by atoms with E-state index in [0.29, 0.717) is 5.69 Å². The average Bonchev–Trinajstić information content (AvgIpc) is 2.55. The molecule has 1 aliphatic rings. The number of ether oxygens (including phenoxy) is 1. The van der Waals surface area contributed by atoms with Crippen LogP contribution in [0.2, 0.25) is 0 Å². The summed E-state index contributed by atoms with van der Waals surface area (Å²) < 4.78 is 6.92. The van der Waals surface area contributed by atoms with Gasteiger partial charge in [0.25, 0.3) is 0 Å². The Morgan fingerprint density at radius 1 is 1.05 bits per heavy atom. The molecule has 0 spiro atoms. The molecule has 0 amide bonds. The average molecular weight is 348 g/mol. The van der Waals surface area contributed by atoms with Gasteiger partial charge in [0.05, 0.1) is 11.2 Å². The minimum atomic E-state index is -0.347. The number of nitrogens with zero attached hydrogens (tertiary/aromatic N) is 1. The molecule has 21 heavy (non-hydrogen) atoms. The number of fused-ring (bicyclic) bond motifs is 1. The molecule has 0 aliphatic carbocycles. The van der Waals surface area contributed by atoms with Crippen molar-refractivity contribution in [2.45, 2.75) is 38.9 Å². The van der Waals surface area contributed by atoms with Crippen molar-refractivity contribution in [3.05, 3.63) is 46.1 Å². The summed E-state index contributed by atoms with van der Waals surface area (Å²) in [4.78, 5) is 4.32. The Labute approximate surface area is 133 Å². The molecule has 2 aromatic rings. The molecule has 0 fully saturated rings. The number of hydrogen-bond acceptors (Lipinski definition) is 3. The summed E-state index contributed by atoms with van der Waals surface area (Å²) in [6.45, 7) is 8.30. The van der Waals surface area contributed by atoms with E-state index in [0.717, 1.165) is 15.6 Å². The predicted molar refractivity (Wildman–Crippen MR) is 86.2 cm³/mol. The van der Waals surface area contributed by atoms with Crippen molar-refractivity contribution in [3.8, 4) is 17.0 Å². The van der Waals surface area contributed by atoms with Gasteiger partial charge in [-0.3, -0.25) is 4.98 Å². The number of aromatic nitrogens is 1. The van der Waals surface area contributed by atoms with Crippen molar-refractivity contribution in [2.75, 3.05) is 0 Å². The molecular formula is C17H18BrNO2. The van der Waals surface area contributed by atoms with E-state index >= 15 is 0 Å². The molecule has 2 heterocycles. The van der Waals surface area contributed by atoms with Crippen molar-refractivity contribution in [3.63, 3.8) is 0 Å². The Bertz CT molecular complexity index is 723. The molecule has 0 bridgehead atoms. The van der Waals surface area contributed by atoms with Crippen molar-refractivity contribution in [2.24, 2.45) is 0 Å². The first-order valence-corrected chi connectivity index (χ1v) is 7.70. The van der Waals surface area contributed by atoms with Gasteiger partial charge in [0, 0.05) is 16.2 Å². The minimum Gasteiger partial charge on any atom is -0.506 e. The van der Waals surface area contributed by atoms with Crippen LogP contribution in [0, 0.1) is 0 Å². The van der Waals surface area contributed by atoms with E-state index in [1.807, 2.05) is 6.07 Å². The Hall–Kier alpha value is -1.39. The van der Waals surface area contributed by atoms with Gasteiger partial charge in [-0.15, -0.1) is 0 Å². The lowest BCUT2D eigenvalue weighted by Gasteiger charge is -2.24. The molecule has 110 valence electrons. The van der Waals surface area contributed by atoms with Crippen LogP contribution in [0.25, 0.3) is 11.3 Å². The summed E-state index contributed by atoms with van der Waals surface area (Å²) in [5.41, 5.74) is 3.17. The highest BCUT2D eigenvalue weighted by Crippen LogP contribution is 2.47. The molecule has 0 radical (unpaired) electrons. The van der Waals surface area contributed by atoms with Crippen LogP contribution < -0.4 is 0 Å². The van der Waals surface area contributed by atoms with Gasteiger partial charge in [-0.1, -0.05) is 12.1 Å². The first kappa shape index (κ1) is 14.5. The van der Waals surface area contributed by atoms with Gasteiger partial charge in [-0.05, 0) is 66.9 Å². The number of halogens is 1. The van der Waals surface area contributed by atoms with Gasteiger partial charge in [0.15, 0.2) is 0 Å². The SMILES string of the molecule is CC1(C)OC(C)(C)c2cc(-c3ncc(Br)cc3O)ccc21. The van der Waals surface area contributed by atoms with Crippen LogP contribution in [0.15, 0.2) is 34.9 Å². The normalized spacial score (nSPS) is 18.5. The molecule has 4 heteroatoms. The molecule has 1 aromatic carbocycles. The van der Waals surface area contributed by atoms with E-state index in [9.17, 15) is 5.11 Å². The van der Waals surface area contributed by atoms with Gasteiger partial charge in [0.2, 0.25) is 0 Å². The summed E-state index contributed by atoms with van der Waals surface area (Å²) in [6.07, 6.45) is 1.69. The quantitative estimate of drug-likeness (QED) is 0.811. The Balaban J connectivity index is 2.17. The number of aromatic hydroxyl groups is 1. The zero-order chi connectivity index (χ0) is 15.4. The van der Waals surface area contributed by atoms with Crippen LogP contribution in [-0.4, -0.2) is 10.1 Å². The zero-order valence-electron chi connectivity index (χ0n) is 12.6. The molecule has 1 aromatic heterocycles. The third kappa shape index (κ3) is 2.36. The van der Waals surface area contributed by atoms with Crippen LogP contribution in [0.3, 0.4) is 0 Å². The molecule has 0 saturated carbocycles. The van der Waals surface area contributed by atoms with Gasteiger partial charge in [0.1, 0.15) is 11.4 Å². The Morgan fingerprint density at radius 2 is 1.71 bits per heavy atom. The highest BCUT2D eigenvalue weighted by molar-refractivity contribution is 9.10. The smallest absolute Gasteiger partial charge is 0.142 e. The largest absolute Gasteiger partial charge is 0.506 e. The molecule has 1 aliphatic heterocycles. The summed E-state index contributed by atoms with van der Waals surface area (Å²) in [6, 6.07) is 7.78. The van der Waals surface area contributed by atoms with Crippen LogP contribution in [0.4, 0.5) is 0 Å². The molecule has 0 atom stereocenters. The minimum absolute atomic E-state index is 0.167. The van der Waals surface area contributed by atoms with Crippen molar-refractivity contribution in [1.82, 2.24) is 4.98 Å². The fourth-order valence-corrected chi connectivity index (χ4v) is 3.43. The van der Waals surface area contributed by atoms with E-state index in [1.165, 1.54) is 5.56 Å². The van der Waals surface area contributed by atoms with Crippen LogP contribution >= 0.6 is 15.9 Å². The summed E-state index contributed by atoms with van der Waals surface area (Å²) in [7, 11) is 0. The number of pyridine rings is 1. The van der Waals surface area contributed by atoms with Gasteiger partial charge in [-0.2, -0.15) is 0 Å². The fraction of sp³-hybridized carbons (Fsp3) is 0.353. The van der Waals surface area contributed by atoms with Crippen molar-refractivity contribution < 1.29 is 9.84 Å². The monoisotopic (exact) mass is 347 g/mol. The van der Waals surface area contributed by atoms with Gasteiger partial charge >= 0.3 is 0 Å².